The monoisotopic (exact) mass is 416 g/mol. The van der Waals surface area contributed by atoms with Crippen molar-refractivity contribution in [2.45, 2.75) is 30.2 Å². The fraction of sp³-hybridized carbons (Fsp3) is 0.600. The van der Waals surface area contributed by atoms with Crippen LogP contribution in [0.25, 0.3) is 0 Å². The van der Waals surface area contributed by atoms with Crippen LogP contribution in [0.15, 0.2) is 18.5 Å². The molecule has 1 atom stereocenters. The lowest BCUT2D eigenvalue weighted by atomic mass is 9.98. The molecule has 1 heterocycles. The zero-order chi connectivity index (χ0) is 13.6. The van der Waals surface area contributed by atoms with Crippen molar-refractivity contribution in [1.82, 2.24) is 4.72 Å². The number of rotatable bonds is 5. The second kappa shape index (κ2) is 5.14. The van der Waals surface area contributed by atoms with Gasteiger partial charge in [-0.3, -0.25) is 0 Å². The Bertz CT molecular complexity index is 554. The van der Waals surface area contributed by atoms with Gasteiger partial charge in [0.05, 0.1) is 7.57 Å². The van der Waals surface area contributed by atoms with Gasteiger partial charge in [-0.25, -0.2) is 13.1 Å². The van der Waals surface area contributed by atoms with E-state index in [9.17, 15) is 8.42 Å². The van der Waals surface area contributed by atoms with Crippen LogP contribution in [0.1, 0.15) is 19.8 Å². The highest BCUT2D eigenvalue weighted by Gasteiger charge is 2.43. The largest absolute Gasteiger partial charge is 0.329 e. The smallest absolute Gasteiger partial charge is 0.243 e. The first-order valence-electron chi connectivity index (χ1n) is 5.47. The molecular formula is C10H14Br2N2O2S2. The van der Waals surface area contributed by atoms with E-state index in [0.29, 0.717) is 16.2 Å². The molecule has 1 saturated carbocycles. The molecular weight excluding hydrogens is 404 g/mol. The van der Waals surface area contributed by atoms with Crippen LogP contribution in [0.2, 0.25) is 0 Å². The molecule has 102 valence electrons. The Morgan fingerprint density at radius 2 is 2.17 bits per heavy atom. The number of hydrogen-bond acceptors (Lipinski definition) is 4. The molecule has 1 aromatic heterocycles. The lowest BCUT2D eigenvalue weighted by molar-refractivity contribution is 0.374. The third kappa shape index (κ3) is 2.99. The van der Waals surface area contributed by atoms with Gasteiger partial charge in [0.25, 0.3) is 0 Å². The molecule has 0 aromatic carbocycles. The summed E-state index contributed by atoms with van der Waals surface area (Å²) in [6, 6.07) is 1.60. The van der Waals surface area contributed by atoms with Crippen molar-refractivity contribution >= 4 is 53.2 Å². The maximum atomic E-state index is 12.4. The summed E-state index contributed by atoms with van der Waals surface area (Å²) in [6.07, 6.45) is 2.06. The fourth-order valence-corrected chi connectivity index (χ4v) is 7.17. The van der Waals surface area contributed by atoms with Gasteiger partial charge in [-0.2, -0.15) is 0 Å². The molecule has 1 fully saturated rings. The van der Waals surface area contributed by atoms with Crippen molar-refractivity contribution < 1.29 is 8.42 Å². The Kier molecular flexibility index (Phi) is 4.26. The molecule has 0 aliphatic heterocycles. The first kappa shape index (κ1) is 14.9. The summed E-state index contributed by atoms with van der Waals surface area (Å²) < 4.78 is 28.8. The van der Waals surface area contributed by atoms with Crippen molar-refractivity contribution in [3.05, 3.63) is 13.6 Å². The van der Waals surface area contributed by atoms with E-state index in [2.05, 4.69) is 36.6 Å². The molecule has 0 bridgehead atoms. The number of halogens is 2. The summed E-state index contributed by atoms with van der Waals surface area (Å²) in [5.74, 6) is 0.345. The van der Waals surface area contributed by atoms with E-state index in [1.165, 1.54) is 11.3 Å². The molecule has 1 aliphatic rings. The van der Waals surface area contributed by atoms with Crippen LogP contribution in [-0.2, 0) is 10.0 Å². The number of thiophene rings is 1. The average molecular weight is 418 g/mol. The minimum Gasteiger partial charge on any atom is -0.329 e. The number of hydrogen-bond donors (Lipinski definition) is 2. The Balaban J connectivity index is 2.29. The van der Waals surface area contributed by atoms with Crippen molar-refractivity contribution in [2.24, 2.45) is 11.7 Å². The molecule has 1 unspecified atom stereocenters. The lowest BCUT2D eigenvalue weighted by Gasteiger charge is -2.28. The molecule has 0 amide bonds. The summed E-state index contributed by atoms with van der Waals surface area (Å²) >= 11 is 7.89. The predicted octanol–water partition coefficient (Wildman–Crippen LogP) is 2.68. The Morgan fingerprint density at radius 1 is 1.56 bits per heavy atom. The minimum absolute atomic E-state index is 0.264. The fourth-order valence-electron chi connectivity index (χ4n) is 1.88. The summed E-state index contributed by atoms with van der Waals surface area (Å²) in [6.45, 7) is 2.18. The third-order valence-electron chi connectivity index (χ3n) is 3.18. The standard InChI is InChI=1S/C10H14Br2N2O2S2/c1-10(5-13,6-2-3-6)14-18(15,16)7-4-8(11)17-9(7)12/h4,6,14H,2-3,5,13H2,1H3. The molecule has 8 heteroatoms. The molecule has 4 nitrogen and oxygen atoms in total. The molecule has 2 rings (SSSR count). The molecule has 0 radical (unpaired) electrons. The second-order valence-corrected chi connectivity index (χ2v) is 10.1. The van der Waals surface area contributed by atoms with Crippen molar-refractivity contribution in [1.29, 1.82) is 0 Å². The summed E-state index contributed by atoms with van der Waals surface area (Å²) in [5, 5.41) is 0. The van der Waals surface area contributed by atoms with Gasteiger partial charge in [0.15, 0.2) is 0 Å². The summed E-state index contributed by atoms with van der Waals surface area (Å²) in [4.78, 5) is 0.264. The van der Waals surface area contributed by atoms with Gasteiger partial charge >= 0.3 is 0 Å². The van der Waals surface area contributed by atoms with Gasteiger partial charge in [-0.15, -0.1) is 11.3 Å². The topological polar surface area (TPSA) is 72.2 Å². The molecule has 0 saturated heterocycles. The summed E-state index contributed by atoms with van der Waals surface area (Å²) in [7, 11) is -3.54. The zero-order valence-electron chi connectivity index (χ0n) is 9.74. The van der Waals surface area contributed by atoms with Crippen LogP contribution in [0.3, 0.4) is 0 Å². The first-order chi connectivity index (χ1) is 8.28. The van der Waals surface area contributed by atoms with E-state index in [4.69, 9.17) is 5.73 Å². The highest BCUT2D eigenvalue weighted by molar-refractivity contribution is 9.12. The van der Waals surface area contributed by atoms with E-state index < -0.39 is 15.6 Å². The van der Waals surface area contributed by atoms with Crippen LogP contribution in [-0.4, -0.2) is 20.5 Å². The van der Waals surface area contributed by atoms with E-state index in [1.54, 1.807) is 6.07 Å². The molecule has 1 aromatic rings. The highest BCUT2D eigenvalue weighted by Crippen LogP contribution is 2.41. The van der Waals surface area contributed by atoms with Gasteiger partial charge < -0.3 is 5.73 Å². The van der Waals surface area contributed by atoms with E-state index in [0.717, 1.165) is 16.6 Å². The Hall–Kier alpha value is 0.530. The van der Waals surface area contributed by atoms with Crippen molar-refractivity contribution in [2.75, 3.05) is 6.54 Å². The van der Waals surface area contributed by atoms with E-state index >= 15 is 0 Å². The van der Waals surface area contributed by atoms with Crippen molar-refractivity contribution in [3.8, 4) is 0 Å². The van der Waals surface area contributed by atoms with Crippen LogP contribution in [0, 0.1) is 5.92 Å². The lowest BCUT2D eigenvalue weighted by Crippen LogP contribution is -2.52. The molecule has 0 spiro atoms. The molecule has 3 N–H and O–H groups in total. The first-order valence-corrected chi connectivity index (χ1v) is 9.36. The van der Waals surface area contributed by atoms with Gasteiger partial charge in [0.2, 0.25) is 10.0 Å². The average Bonchev–Trinajstić information content (AvgIpc) is 3.04. The molecule has 1 aliphatic carbocycles. The van der Waals surface area contributed by atoms with Gasteiger partial charge in [0.1, 0.15) is 4.90 Å². The quantitative estimate of drug-likeness (QED) is 0.773. The van der Waals surface area contributed by atoms with E-state index in [-0.39, 0.29) is 4.90 Å². The number of sulfonamides is 1. The number of nitrogens with one attached hydrogen (secondary N) is 1. The van der Waals surface area contributed by atoms with Crippen LogP contribution >= 0.6 is 43.2 Å². The highest BCUT2D eigenvalue weighted by atomic mass is 79.9. The predicted molar refractivity (Wildman–Crippen MR) is 80.2 cm³/mol. The molecule has 18 heavy (non-hydrogen) atoms. The van der Waals surface area contributed by atoms with Crippen LogP contribution in [0.5, 0.6) is 0 Å². The second-order valence-electron chi connectivity index (χ2n) is 4.69. The summed E-state index contributed by atoms with van der Waals surface area (Å²) in [5.41, 5.74) is 5.18. The van der Waals surface area contributed by atoms with Crippen LogP contribution < -0.4 is 10.5 Å². The van der Waals surface area contributed by atoms with Gasteiger partial charge in [0, 0.05) is 12.1 Å². The van der Waals surface area contributed by atoms with E-state index in [1.807, 2.05) is 6.92 Å². The van der Waals surface area contributed by atoms with Gasteiger partial charge in [-0.05, 0) is 63.6 Å². The SMILES string of the molecule is CC(CN)(NS(=O)(=O)c1cc(Br)sc1Br)C1CC1. The maximum absolute atomic E-state index is 12.4. The van der Waals surface area contributed by atoms with Gasteiger partial charge in [-0.1, -0.05) is 0 Å². The Labute approximate surface area is 128 Å². The Morgan fingerprint density at radius 3 is 2.56 bits per heavy atom. The maximum Gasteiger partial charge on any atom is 0.243 e. The third-order valence-corrected chi connectivity index (χ3v) is 7.55. The minimum atomic E-state index is -3.54. The number of nitrogens with two attached hydrogens (primary N) is 1. The van der Waals surface area contributed by atoms with Crippen LogP contribution in [0.4, 0.5) is 0 Å². The normalized spacial score (nSPS) is 19.8. The van der Waals surface area contributed by atoms with Crippen molar-refractivity contribution in [3.63, 3.8) is 0 Å². The zero-order valence-corrected chi connectivity index (χ0v) is 14.5.